The highest BCUT2D eigenvalue weighted by molar-refractivity contribution is 14.1. The Morgan fingerprint density at radius 3 is 2.71 bits per heavy atom. The second kappa shape index (κ2) is 4.25. The summed E-state index contributed by atoms with van der Waals surface area (Å²) in [7, 11) is 1.90. The van der Waals surface area contributed by atoms with Crippen molar-refractivity contribution in [2.24, 2.45) is 7.05 Å². The van der Waals surface area contributed by atoms with E-state index >= 15 is 0 Å². The van der Waals surface area contributed by atoms with Crippen LogP contribution in [0.1, 0.15) is 25.3 Å². The van der Waals surface area contributed by atoms with Crippen LogP contribution in [-0.2, 0) is 7.05 Å². The Balaban J connectivity index is 2.93. The Kier molecular flexibility index (Phi) is 3.07. The first kappa shape index (κ1) is 12.3. The van der Waals surface area contributed by atoms with Gasteiger partial charge in [-0.15, -0.1) is 0 Å². The fourth-order valence-electron chi connectivity index (χ4n) is 2.03. The summed E-state index contributed by atoms with van der Waals surface area (Å²) >= 11 is 2.19. The standard InChI is InChI=1S/C11H12IN3O2/c1-6(2)9-8(15(16)17)4-13-11-10(9)7(12)5-14(11)3/h4-6H,1-3H3. The van der Waals surface area contributed by atoms with Crippen LogP contribution in [0.15, 0.2) is 12.4 Å². The van der Waals surface area contributed by atoms with Crippen LogP contribution in [0.25, 0.3) is 11.0 Å². The van der Waals surface area contributed by atoms with Crippen LogP contribution < -0.4 is 0 Å². The maximum atomic E-state index is 11.0. The van der Waals surface area contributed by atoms with Gasteiger partial charge in [-0.25, -0.2) is 4.98 Å². The lowest BCUT2D eigenvalue weighted by Gasteiger charge is -2.08. The van der Waals surface area contributed by atoms with Crippen molar-refractivity contribution in [1.82, 2.24) is 9.55 Å². The SMILES string of the molecule is CC(C)c1c([N+](=O)[O-])cnc2c1c(I)cn2C. The van der Waals surface area contributed by atoms with Crippen molar-refractivity contribution in [2.45, 2.75) is 19.8 Å². The van der Waals surface area contributed by atoms with Crippen LogP contribution in [0, 0.1) is 13.7 Å². The van der Waals surface area contributed by atoms with E-state index in [4.69, 9.17) is 0 Å². The van der Waals surface area contributed by atoms with E-state index in [1.165, 1.54) is 6.20 Å². The van der Waals surface area contributed by atoms with Gasteiger partial charge < -0.3 is 4.57 Å². The van der Waals surface area contributed by atoms with Crippen LogP contribution in [0.4, 0.5) is 5.69 Å². The summed E-state index contributed by atoms with van der Waals surface area (Å²) in [6, 6.07) is 0. The summed E-state index contributed by atoms with van der Waals surface area (Å²) < 4.78 is 2.90. The quantitative estimate of drug-likeness (QED) is 0.477. The third-order valence-corrected chi connectivity index (χ3v) is 3.55. The highest BCUT2D eigenvalue weighted by atomic mass is 127. The smallest absolute Gasteiger partial charge is 0.291 e. The molecule has 0 fully saturated rings. The third-order valence-electron chi connectivity index (χ3n) is 2.73. The van der Waals surface area contributed by atoms with Gasteiger partial charge in [0.2, 0.25) is 0 Å². The zero-order valence-corrected chi connectivity index (χ0v) is 11.9. The van der Waals surface area contributed by atoms with Crippen LogP contribution >= 0.6 is 22.6 Å². The number of pyridine rings is 1. The first-order chi connectivity index (χ1) is 7.93. The largest absolute Gasteiger partial charge is 0.334 e. The van der Waals surface area contributed by atoms with E-state index in [2.05, 4.69) is 27.6 Å². The fraction of sp³-hybridized carbons (Fsp3) is 0.364. The molecular formula is C11H12IN3O2. The molecular weight excluding hydrogens is 333 g/mol. The molecule has 2 aromatic rings. The van der Waals surface area contributed by atoms with Crippen molar-refractivity contribution in [3.63, 3.8) is 0 Å². The second-order valence-electron chi connectivity index (χ2n) is 4.26. The van der Waals surface area contributed by atoms with E-state index in [0.29, 0.717) is 0 Å². The third kappa shape index (κ3) is 1.90. The highest BCUT2D eigenvalue weighted by Gasteiger charge is 2.23. The number of hydrogen-bond donors (Lipinski definition) is 0. The van der Waals surface area contributed by atoms with Crippen molar-refractivity contribution in [3.05, 3.63) is 31.6 Å². The minimum Gasteiger partial charge on any atom is -0.334 e. The Labute approximate surface area is 112 Å². The van der Waals surface area contributed by atoms with Gasteiger partial charge in [-0.1, -0.05) is 13.8 Å². The summed E-state index contributed by atoms with van der Waals surface area (Å²) in [6.07, 6.45) is 3.29. The molecule has 0 atom stereocenters. The van der Waals surface area contributed by atoms with E-state index in [-0.39, 0.29) is 16.5 Å². The first-order valence-electron chi connectivity index (χ1n) is 5.21. The molecule has 0 aromatic carbocycles. The van der Waals surface area contributed by atoms with Crippen LogP contribution in [0.3, 0.4) is 0 Å². The van der Waals surface area contributed by atoms with E-state index in [9.17, 15) is 10.1 Å². The molecule has 0 aliphatic heterocycles. The molecule has 2 heterocycles. The molecule has 17 heavy (non-hydrogen) atoms. The van der Waals surface area contributed by atoms with Crippen molar-refractivity contribution in [1.29, 1.82) is 0 Å². The van der Waals surface area contributed by atoms with Crippen molar-refractivity contribution in [3.8, 4) is 0 Å². The summed E-state index contributed by atoms with van der Waals surface area (Å²) in [5.74, 6) is 0.0943. The first-order valence-corrected chi connectivity index (χ1v) is 6.29. The lowest BCUT2D eigenvalue weighted by molar-refractivity contribution is -0.385. The number of aromatic nitrogens is 2. The van der Waals surface area contributed by atoms with Crippen LogP contribution in [-0.4, -0.2) is 14.5 Å². The molecule has 90 valence electrons. The van der Waals surface area contributed by atoms with E-state index < -0.39 is 0 Å². The minimum atomic E-state index is -0.356. The molecule has 0 aliphatic carbocycles. The topological polar surface area (TPSA) is 61.0 Å². The predicted molar refractivity (Wildman–Crippen MR) is 74.2 cm³/mol. The Hall–Kier alpha value is -1.18. The highest BCUT2D eigenvalue weighted by Crippen LogP contribution is 2.35. The number of nitrogens with zero attached hydrogens (tertiary/aromatic N) is 3. The molecule has 5 nitrogen and oxygen atoms in total. The van der Waals surface area contributed by atoms with Gasteiger partial charge in [0.25, 0.3) is 5.69 Å². The van der Waals surface area contributed by atoms with Gasteiger partial charge in [-0.2, -0.15) is 0 Å². The number of rotatable bonds is 2. The zero-order valence-electron chi connectivity index (χ0n) is 9.77. The molecule has 0 saturated carbocycles. The number of fused-ring (bicyclic) bond motifs is 1. The minimum absolute atomic E-state index is 0.0943. The van der Waals surface area contributed by atoms with Gasteiger partial charge in [0, 0.05) is 27.8 Å². The molecule has 2 rings (SSSR count). The number of aryl methyl sites for hydroxylation is 1. The van der Waals surface area contributed by atoms with E-state index in [1.807, 2.05) is 31.7 Å². The molecule has 0 amide bonds. The Morgan fingerprint density at radius 1 is 1.53 bits per heavy atom. The summed E-state index contributed by atoms with van der Waals surface area (Å²) in [4.78, 5) is 14.9. The van der Waals surface area contributed by atoms with Gasteiger partial charge >= 0.3 is 0 Å². The molecule has 0 saturated heterocycles. The molecule has 0 unspecified atom stereocenters. The normalized spacial score (nSPS) is 11.4. The van der Waals surface area contributed by atoms with Gasteiger partial charge in [0.1, 0.15) is 11.8 Å². The van der Waals surface area contributed by atoms with Crippen molar-refractivity contribution in [2.75, 3.05) is 0 Å². The summed E-state index contributed by atoms with van der Waals surface area (Å²) in [6.45, 7) is 3.93. The monoisotopic (exact) mass is 345 g/mol. The molecule has 0 spiro atoms. The average molecular weight is 345 g/mol. The Morgan fingerprint density at radius 2 is 2.18 bits per heavy atom. The van der Waals surface area contributed by atoms with Gasteiger partial charge in [-0.05, 0) is 28.5 Å². The molecule has 2 aromatic heterocycles. The summed E-state index contributed by atoms with van der Waals surface area (Å²) in [5, 5.41) is 11.9. The molecule has 0 aliphatic rings. The lowest BCUT2D eigenvalue weighted by atomic mass is 9.99. The van der Waals surface area contributed by atoms with Gasteiger partial charge in [-0.3, -0.25) is 10.1 Å². The number of halogens is 1. The van der Waals surface area contributed by atoms with Crippen molar-refractivity contribution >= 4 is 39.3 Å². The van der Waals surface area contributed by atoms with Crippen molar-refractivity contribution < 1.29 is 4.92 Å². The number of nitro groups is 1. The number of hydrogen-bond acceptors (Lipinski definition) is 3. The summed E-state index contributed by atoms with van der Waals surface area (Å²) in [5.41, 5.74) is 1.67. The van der Waals surface area contributed by atoms with E-state index in [1.54, 1.807) is 0 Å². The van der Waals surface area contributed by atoms with Crippen LogP contribution in [0.2, 0.25) is 0 Å². The van der Waals surface area contributed by atoms with E-state index in [0.717, 1.165) is 20.2 Å². The second-order valence-corrected chi connectivity index (χ2v) is 5.42. The maximum absolute atomic E-state index is 11.0. The molecule has 0 N–H and O–H groups in total. The average Bonchev–Trinajstić information content (AvgIpc) is 2.53. The molecule has 6 heteroatoms. The Bertz CT molecular complexity index is 604. The molecule has 0 bridgehead atoms. The maximum Gasteiger partial charge on any atom is 0.291 e. The van der Waals surface area contributed by atoms with Gasteiger partial charge in [0.15, 0.2) is 0 Å². The van der Waals surface area contributed by atoms with Gasteiger partial charge in [0.05, 0.1) is 4.92 Å². The lowest BCUT2D eigenvalue weighted by Crippen LogP contribution is -2.00. The molecule has 0 radical (unpaired) electrons. The predicted octanol–water partition coefficient (Wildman–Crippen LogP) is 3.21. The fourth-order valence-corrected chi connectivity index (χ4v) is 2.98. The zero-order chi connectivity index (χ0) is 12.7. The van der Waals surface area contributed by atoms with Crippen LogP contribution in [0.5, 0.6) is 0 Å².